The standard InChI is InChI=1S/C19H22Cl2N2O3/c1-23(9-11-24)10-12-26-18(25)13-14-5-2-3-8-17(14)22-19-15(20)6-4-7-16(19)21/h2-8,22,24H,9-13H2,1H3. The van der Waals surface area contributed by atoms with Crippen LogP contribution < -0.4 is 5.32 Å². The van der Waals surface area contributed by atoms with E-state index in [-0.39, 0.29) is 25.6 Å². The van der Waals surface area contributed by atoms with Gasteiger partial charge in [0.25, 0.3) is 0 Å². The predicted molar refractivity (Wildman–Crippen MR) is 105 cm³/mol. The van der Waals surface area contributed by atoms with Gasteiger partial charge in [0.15, 0.2) is 0 Å². The minimum Gasteiger partial charge on any atom is -0.464 e. The molecule has 0 aliphatic rings. The van der Waals surface area contributed by atoms with E-state index in [0.717, 1.165) is 11.3 Å². The van der Waals surface area contributed by atoms with Crippen molar-refractivity contribution in [1.29, 1.82) is 0 Å². The number of nitrogens with zero attached hydrogens (tertiary/aromatic N) is 1. The van der Waals surface area contributed by atoms with Crippen LogP contribution in [0.3, 0.4) is 0 Å². The fourth-order valence-electron chi connectivity index (χ4n) is 2.35. The van der Waals surface area contributed by atoms with Gasteiger partial charge in [0, 0.05) is 18.8 Å². The van der Waals surface area contributed by atoms with E-state index in [2.05, 4.69) is 5.32 Å². The molecule has 0 saturated carbocycles. The second-order valence-corrected chi connectivity index (χ2v) is 6.62. The van der Waals surface area contributed by atoms with E-state index in [0.29, 0.717) is 28.8 Å². The second-order valence-electron chi connectivity index (χ2n) is 5.80. The van der Waals surface area contributed by atoms with Gasteiger partial charge in [-0.15, -0.1) is 0 Å². The fourth-order valence-corrected chi connectivity index (χ4v) is 2.84. The number of aliphatic hydroxyl groups is 1. The molecule has 0 radical (unpaired) electrons. The third-order valence-electron chi connectivity index (χ3n) is 3.79. The van der Waals surface area contributed by atoms with Crippen LogP contribution in [0.1, 0.15) is 5.56 Å². The van der Waals surface area contributed by atoms with Gasteiger partial charge in [-0.05, 0) is 30.8 Å². The van der Waals surface area contributed by atoms with E-state index in [1.165, 1.54) is 0 Å². The van der Waals surface area contributed by atoms with Crippen molar-refractivity contribution in [3.8, 4) is 0 Å². The van der Waals surface area contributed by atoms with E-state index in [9.17, 15) is 4.79 Å². The third-order valence-corrected chi connectivity index (χ3v) is 4.42. The molecule has 0 amide bonds. The van der Waals surface area contributed by atoms with Crippen molar-refractivity contribution in [1.82, 2.24) is 4.90 Å². The highest BCUT2D eigenvalue weighted by Crippen LogP contribution is 2.33. The number of hydrogen-bond acceptors (Lipinski definition) is 5. The Morgan fingerprint density at radius 1 is 1.12 bits per heavy atom. The van der Waals surface area contributed by atoms with Crippen LogP contribution in [0.25, 0.3) is 0 Å². The summed E-state index contributed by atoms with van der Waals surface area (Å²) in [6.45, 7) is 1.47. The average molecular weight is 397 g/mol. The van der Waals surface area contributed by atoms with Crippen molar-refractivity contribution in [3.05, 3.63) is 58.1 Å². The molecule has 140 valence electrons. The number of likely N-dealkylation sites (N-methyl/N-ethyl adjacent to an activating group) is 1. The average Bonchev–Trinajstić information content (AvgIpc) is 2.60. The molecule has 2 N–H and O–H groups in total. The highest BCUT2D eigenvalue weighted by atomic mass is 35.5. The molecule has 0 unspecified atom stereocenters. The van der Waals surface area contributed by atoms with Crippen molar-refractivity contribution in [2.45, 2.75) is 6.42 Å². The van der Waals surface area contributed by atoms with Crippen LogP contribution in [0.15, 0.2) is 42.5 Å². The van der Waals surface area contributed by atoms with Crippen LogP contribution in [0.5, 0.6) is 0 Å². The normalized spacial score (nSPS) is 10.8. The number of nitrogens with one attached hydrogen (secondary N) is 1. The maximum Gasteiger partial charge on any atom is 0.310 e. The number of carbonyl (C=O) groups excluding carboxylic acids is 1. The molecule has 0 aromatic heterocycles. The van der Waals surface area contributed by atoms with Gasteiger partial charge >= 0.3 is 5.97 Å². The number of benzene rings is 2. The van der Waals surface area contributed by atoms with Gasteiger partial charge in [-0.2, -0.15) is 0 Å². The number of aliphatic hydroxyl groups excluding tert-OH is 1. The predicted octanol–water partition coefficient (Wildman–Crippen LogP) is 3.75. The molecule has 26 heavy (non-hydrogen) atoms. The zero-order valence-corrected chi connectivity index (χ0v) is 16.1. The Balaban J connectivity index is 1.99. The summed E-state index contributed by atoms with van der Waals surface area (Å²) in [5.74, 6) is -0.318. The lowest BCUT2D eigenvalue weighted by molar-refractivity contribution is -0.143. The molecule has 0 aliphatic carbocycles. The Labute approximate surface area is 163 Å². The first-order valence-electron chi connectivity index (χ1n) is 8.25. The summed E-state index contributed by atoms with van der Waals surface area (Å²) in [6, 6.07) is 12.7. The summed E-state index contributed by atoms with van der Waals surface area (Å²) >= 11 is 12.4. The summed E-state index contributed by atoms with van der Waals surface area (Å²) in [6.07, 6.45) is 0.134. The van der Waals surface area contributed by atoms with Gasteiger partial charge in [0.05, 0.1) is 28.8 Å². The number of para-hydroxylation sites is 2. The van der Waals surface area contributed by atoms with Crippen molar-refractivity contribution in [2.24, 2.45) is 0 Å². The largest absolute Gasteiger partial charge is 0.464 e. The molecule has 0 atom stereocenters. The van der Waals surface area contributed by atoms with E-state index in [1.54, 1.807) is 18.2 Å². The lowest BCUT2D eigenvalue weighted by atomic mass is 10.1. The van der Waals surface area contributed by atoms with Crippen LogP contribution in [-0.2, 0) is 16.0 Å². The Morgan fingerprint density at radius 2 is 1.81 bits per heavy atom. The highest BCUT2D eigenvalue weighted by Gasteiger charge is 2.12. The molecular formula is C19H22Cl2N2O3. The smallest absolute Gasteiger partial charge is 0.310 e. The van der Waals surface area contributed by atoms with Gasteiger partial charge in [-0.25, -0.2) is 0 Å². The first kappa shape index (κ1) is 20.5. The number of anilines is 2. The van der Waals surface area contributed by atoms with Gasteiger partial charge in [-0.3, -0.25) is 4.79 Å². The van der Waals surface area contributed by atoms with E-state index < -0.39 is 0 Å². The lowest BCUT2D eigenvalue weighted by Crippen LogP contribution is -2.27. The summed E-state index contributed by atoms with van der Waals surface area (Å²) in [7, 11) is 1.86. The molecule has 0 aliphatic heterocycles. The Hall–Kier alpha value is -1.79. The quantitative estimate of drug-likeness (QED) is 0.632. The fraction of sp³-hybridized carbons (Fsp3) is 0.316. The molecule has 0 spiro atoms. The number of hydrogen-bond donors (Lipinski definition) is 2. The number of ether oxygens (including phenoxy) is 1. The van der Waals surface area contributed by atoms with Crippen molar-refractivity contribution < 1.29 is 14.6 Å². The van der Waals surface area contributed by atoms with Crippen LogP contribution in [-0.4, -0.2) is 49.3 Å². The van der Waals surface area contributed by atoms with E-state index in [1.807, 2.05) is 36.2 Å². The minimum atomic E-state index is -0.318. The molecule has 0 fully saturated rings. The van der Waals surface area contributed by atoms with Gasteiger partial charge in [0.2, 0.25) is 0 Å². The second kappa shape index (κ2) is 10.4. The molecule has 0 bridgehead atoms. The molecule has 2 aromatic rings. The Kier molecular flexibility index (Phi) is 8.19. The number of carbonyl (C=O) groups is 1. The van der Waals surface area contributed by atoms with E-state index >= 15 is 0 Å². The Morgan fingerprint density at radius 3 is 2.50 bits per heavy atom. The number of esters is 1. The zero-order chi connectivity index (χ0) is 18.9. The summed E-state index contributed by atoms with van der Waals surface area (Å²) in [4.78, 5) is 14.0. The summed E-state index contributed by atoms with van der Waals surface area (Å²) in [5, 5.41) is 13.1. The first-order chi connectivity index (χ1) is 12.5. The maximum atomic E-state index is 12.1. The monoisotopic (exact) mass is 396 g/mol. The van der Waals surface area contributed by atoms with Gasteiger partial charge in [-0.1, -0.05) is 47.5 Å². The highest BCUT2D eigenvalue weighted by molar-refractivity contribution is 6.39. The van der Waals surface area contributed by atoms with Crippen LogP contribution in [0.2, 0.25) is 10.0 Å². The molecular weight excluding hydrogens is 375 g/mol. The Bertz CT molecular complexity index is 720. The molecule has 5 nitrogen and oxygen atoms in total. The van der Waals surface area contributed by atoms with Crippen LogP contribution in [0.4, 0.5) is 11.4 Å². The van der Waals surface area contributed by atoms with Crippen LogP contribution in [0, 0.1) is 0 Å². The van der Waals surface area contributed by atoms with Gasteiger partial charge < -0.3 is 20.1 Å². The minimum absolute atomic E-state index is 0.0775. The number of halogens is 2. The van der Waals surface area contributed by atoms with Crippen molar-refractivity contribution in [3.63, 3.8) is 0 Å². The summed E-state index contributed by atoms with van der Waals surface area (Å²) < 4.78 is 5.27. The molecule has 2 rings (SSSR count). The molecule has 7 heteroatoms. The van der Waals surface area contributed by atoms with Gasteiger partial charge in [0.1, 0.15) is 6.61 Å². The van der Waals surface area contributed by atoms with Crippen molar-refractivity contribution in [2.75, 3.05) is 38.7 Å². The molecule has 2 aromatic carbocycles. The van der Waals surface area contributed by atoms with E-state index in [4.69, 9.17) is 33.0 Å². The number of rotatable bonds is 9. The van der Waals surface area contributed by atoms with Crippen molar-refractivity contribution >= 4 is 40.5 Å². The first-order valence-corrected chi connectivity index (χ1v) is 9.01. The molecule has 0 saturated heterocycles. The summed E-state index contributed by atoms with van der Waals surface area (Å²) in [5.41, 5.74) is 2.14. The van der Waals surface area contributed by atoms with Crippen LogP contribution >= 0.6 is 23.2 Å². The third kappa shape index (κ3) is 6.18. The molecule has 0 heterocycles. The SMILES string of the molecule is CN(CCO)CCOC(=O)Cc1ccccc1Nc1c(Cl)cccc1Cl. The lowest BCUT2D eigenvalue weighted by Gasteiger charge is -2.16. The topological polar surface area (TPSA) is 61.8 Å². The maximum absolute atomic E-state index is 12.1. The zero-order valence-electron chi connectivity index (χ0n) is 14.5.